The number of carboxylic acid groups (broad SMARTS) is 2. The number of aliphatic carboxylic acids is 2. The Balaban J connectivity index is 0.000000587. The number of anilines is 1. The summed E-state index contributed by atoms with van der Waals surface area (Å²) < 4.78 is 42.5. The number of nitrogen functional groups attached to an aromatic ring is 1. The molecule has 2 amide bonds. The van der Waals surface area contributed by atoms with Gasteiger partial charge in [-0.05, 0) is 24.3 Å². The van der Waals surface area contributed by atoms with Crippen molar-refractivity contribution in [1.29, 1.82) is 0 Å². The zero-order chi connectivity index (χ0) is 30.5. The largest absolute Gasteiger partial charge is 0.497 e. The molecule has 0 bridgehead atoms. The van der Waals surface area contributed by atoms with Gasteiger partial charge < -0.3 is 35.9 Å². The number of carboxylic acids is 2. The van der Waals surface area contributed by atoms with Crippen LogP contribution in [0, 0.1) is 0 Å². The lowest BCUT2D eigenvalue weighted by Crippen LogP contribution is -2.71. The van der Waals surface area contributed by atoms with Crippen LogP contribution in [0.25, 0.3) is 0 Å². The molecule has 2 aliphatic heterocycles. The van der Waals surface area contributed by atoms with Gasteiger partial charge in [0.25, 0.3) is 11.8 Å². The summed E-state index contributed by atoms with van der Waals surface area (Å²) in [6, 6.07) is 5.81. The van der Waals surface area contributed by atoms with Crippen molar-refractivity contribution in [2.45, 2.75) is 17.6 Å². The van der Waals surface area contributed by atoms with Crippen LogP contribution >= 0.6 is 23.1 Å². The van der Waals surface area contributed by atoms with E-state index >= 15 is 0 Å². The van der Waals surface area contributed by atoms with Crippen LogP contribution < -0.4 is 20.5 Å². The Kier molecular flexibility index (Phi) is 9.66. The van der Waals surface area contributed by atoms with Crippen molar-refractivity contribution in [3.05, 3.63) is 46.6 Å². The molecule has 220 valence electrons. The van der Waals surface area contributed by atoms with E-state index in [0.29, 0.717) is 17.1 Å². The monoisotopic (exact) mass is 619 g/mol. The Morgan fingerprint density at radius 3 is 2.32 bits per heavy atom. The number of halogens is 3. The lowest BCUT2D eigenvalue weighted by atomic mass is 10.0. The van der Waals surface area contributed by atoms with Gasteiger partial charge in [-0.3, -0.25) is 14.5 Å². The fourth-order valence-corrected chi connectivity index (χ4v) is 5.33. The molecule has 1 saturated heterocycles. The Bertz CT molecular complexity index is 1400. The van der Waals surface area contributed by atoms with E-state index in [4.69, 9.17) is 25.1 Å². The third-order valence-electron chi connectivity index (χ3n) is 5.33. The number of carbonyl (C=O) groups excluding carboxylic acids is 2. The molecule has 1 aromatic heterocycles. The Labute approximate surface area is 236 Å². The number of rotatable bonds is 8. The Morgan fingerprint density at radius 2 is 1.83 bits per heavy atom. The van der Waals surface area contributed by atoms with Crippen LogP contribution in [-0.4, -0.2) is 91.8 Å². The maximum atomic E-state index is 12.8. The van der Waals surface area contributed by atoms with Crippen molar-refractivity contribution < 1.29 is 57.2 Å². The zero-order valence-electron chi connectivity index (χ0n) is 20.6. The average molecular weight is 620 g/mol. The summed E-state index contributed by atoms with van der Waals surface area (Å²) in [4.78, 5) is 51.3. The first-order chi connectivity index (χ1) is 19.3. The van der Waals surface area contributed by atoms with Gasteiger partial charge in [0.1, 0.15) is 40.9 Å². The van der Waals surface area contributed by atoms with Crippen LogP contribution in [0.15, 0.2) is 46.1 Å². The number of carbonyl (C=O) groups is 4. The summed E-state index contributed by atoms with van der Waals surface area (Å²) in [6.45, 7) is -0.0267. The third kappa shape index (κ3) is 7.17. The van der Waals surface area contributed by atoms with Crippen LogP contribution in [0.2, 0.25) is 0 Å². The van der Waals surface area contributed by atoms with Crippen molar-refractivity contribution in [3.63, 3.8) is 0 Å². The molecule has 2 atom stereocenters. The van der Waals surface area contributed by atoms with E-state index in [1.54, 1.807) is 31.4 Å². The molecular weight excluding hydrogens is 599 g/mol. The number of amides is 2. The second-order valence-corrected chi connectivity index (χ2v) is 9.90. The van der Waals surface area contributed by atoms with Gasteiger partial charge >= 0.3 is 18.1 Å². The van der Waals surface area contributed by atoms with E-state index in [1.807, 2.05) is 0 Å². The molecule has 6 N–H and O–H groups in total. The lowest BCUT2D eigenvalue weighted by Gasteiger charge is -2.49. The normalized spacial score (nSPS) is 18.4. The van der Waals surface area contributed by atoms with Gasteiger partial charge in [0.15, 0.2) is 10.8 Å². The summed E-state index contributed by atoms with van der Waals surface area (Å²) >= 11 is 2.35. The maximum Gasteiger partial charge on any atom is 0.490 e. The van der Waals surface area contributed by atoms with Crippen LogP contribution in [0.5, 0.6) is 11.5 Å². The van der Waals surface area contributed by atoms with Crippen molar-refractivity contribution in [1.82, 2.24) is 15.2 Å². The maximum absolute atomic E-state index is 12.8. The first-order valence-corrected chi connectivity index (χ1v) is 12.9. The van der Waals surface area contributed by atoms with E-state index < -0.39 is 47.1 Å². The molecule has 1 aromatic carbocycles. The fourth-order valence-electron chi connectivity index (χ4n) is 3.46. The molecule has 14 nitrogen and oxygen atoms in total. The van der Waals surface area contributed by atoms with E-state index in [2.05, 4.69) is 15.5 Å². The predicted octanol–water partition coefficient (Wildman–Crippen LogP) is 1.36. The molecule has 2 aromatic rings. The van der Waals surface area contributed by atoms with Crippen molar-refractivity contribution >= 4 is 57.7 Å². The number of β-lactam (4-membered cyclic amide) rings is 1. The third-order valence-corrected chi connectivity index (χ3v) is 7.34. The molecule has 0 spiro atoms. The number of alkyl halides is 3. The number of hydrogen-bond donors (Lipinski definition) is 5. The van der Waals surface area contributed by atoms with Gasteiger partial charge in [0.2, 0.25) is 0 Å². The minimum absolute atomic E-state index is 0.0267. The van der Waals surface area contributed by atoms with Gasteiger partial charge in [-0.2, -0.15) is 13.2 Å². The summed E-state index contributed by atoms with van der Waals surface area (Å²) in [5.41, 5.74) is 5.47. The topological polar surface area (TPSA) is 214 Å². The standard InChI is InChI=1S/C20H19N5O7S2.C2HF3O2/c1-31-10-2-4-11(5-3-10)32-6-9-7-33-18-14(17(27)25(18)15(9)19(28)29)23-16(26)13(24-30)12-8-34-20(21)22-12;3-2(4,5)1(6)7/h2-5,8,14,18,30H,6-7H2,1H3,(H2,21,22)(H,23,26)(H,28,29);(H,6,7)/b24-13-;/t14?,18-;/m1./s1. The first-order valence-electron chi connectivity index (χ1n) is 11.0. The predicted molar refractivity (Wildman–Crippen MR) is 137 cm³/mol. The van der Waals surface area contributed by atoms with E-state index in [0.717, 1.165) is 16.2 Å². The van der Waals surface area contributed by atoms with E-state index in [1.165, 1.54) is 17.1 Å². The number of ether oxygens (including phenoxy) is 2. The molecule has 0 radical (unpaired) electrons. The summed E-state index contributed by atoms with van der Waals surface area (Å²) in [7, 11) is 1.54. The van der Waals surface area contributed by atoms with Crippen molar-refractivity contribution in [2.75, 3.05) is 25.2 Å². The second-order valence-electron chi connectivity index (χ2n) is 7.90. The highest BCUT2D eigenvalue weighted by Gasteiger charge is 2.54. The highest BCUT2D eigenvalue weighted by Crippen LogP contribution is 2.40. The molecule has 3 heterocycles. The van der Waals surface area contributed by atoms with Crippen molar-refractivity contribution in [2.24, 2.45) is 5.16 Å². The molecule has 0 saturated carbocycles. The molecule has 4 rings (SSSR count). The van der Waals surface area contributed by atoms with E-state index in [-0.39, 0.29) is 28.9 Å². The molecule has 41 heavy (non-hydrogen) atoms. The summed E-state index contributed by atoms with van der Waals surface area (Å²) in [6.07, 6.45) is -5.08. The number of benzene rings is 1. The second kappa shape index (κ2) is 12.8. The molecule has 1 fully saturated rings. The minimum atomic E-state index is -5.08. The number of nitrogens with one attached hydrogen (secondary N) is 1. The quantitative estimate of drug-likeness (QED) is 0.123. The van der Waals surface area contributed by atoms with E-state index in [9.17, 15) is 37.9 Å². The number of nitrogens with zero attached hydrogens (tertiary/aromatic N) is 3. The Hall–Kier alpha value is -4.52. The minimum Gasteiger partial charge on any atom is -0.497 e. The summed E-state index contributed by atoms with van der Waals surface area (Å²) in [5, 5.41) is 32.6. The van der Waals surface area contributed by atoms with Crippen LogP contribution in [0.3, 0.4) is 0 Å². The number of thiazole rings is 1. The average Bonchev–Trinajstić information content (AvgIpc) is 3.35. The van der Waals surface area contributed by atoms with Gasteiger partial charge in [-0.25, -0.2) is 14.6 Å². The molecule has 2 aliphatic rings. The number of aromatic nitrogens is 1. The number of methoxy groups -OCH3 is 1. The molecule has 1 unspecified atom stereocenters. The number of oxime groups is 1. The van der Waals surface area contributed by atoms with Crippen LogP contribution in [0.1, 0.15) is 5.69 Å². The van der Waals surface area contributed by atoms with Gasteiger partial charge in [0.05, 0.1) is 7.11 Å². The van der Waals surface area contributed by atoms with Gasteiger partial charge in [-0.15, -0.1) is 23.1 Å². The van der Waals surface area contributed by atoms with Crippen molar-refractivity contribution in [3.8, 4) is 11.5 Å². The Morgan fingerprint density at radius 1 is 1.22 bits per heavy atom. The van der Waals surface area contributed by atoms with Gasteiger partial charge in [-0.1, -0.05) is 5.16 Å². The number of fused-ring (bicyclic) bond motifs is 1. The fraction of sp³-hybridized carbons (Fsp3) is 0.273. The highest BCUT2D eigenvalue weighted by atomic mass is 32.2. The number of thioether (sulfide) groups is 1. The van der Waals surface area contributed by atoms with Gasteiger partial charge in [0, 0.05) is 16.7 Å². The molecular formula is C22H20F3N5O9S2. The first kappa shape index (κ1) is 31.0. The van der Waals surface area contributed by atoms with Crippen LogP contribution in [0.4, 0.5) is 18.3 Å². The number of hydrogen-bond acceptors (Lipinski definition) is 12. The smallest absolute Gasteiger partial charge is 0.490 e. The molecule has 0 aliphatic carbocycles. The zero-order valence-corrected chi connectivity index (χ0v) is 22.2. The summed E-state index contributed by atoms with van der Waals surface area (Å²) in [5.74, 6) is -4.01. The lowest BCUT2D eigenvalue weighted by molar-refractivity contribution is -0.192. The van der Waals surface area contributed by atoms with Crippen LogP contribution in [-0.2, 0) is 19.2 Å². The molecule has 19 heteroatoms. The number of nitrogens with two attached hydrogens (primary N) is 1. The SMILES string of the molecule is COc1ccc(OCC2=C(C(=O)O)N3C(=O)C(NC(=O)/C(=N\O)c4csc(N)n4)[C@H]3SC2)cc1.O=C(O)C(F)(F)F. The highest BCUT2D eigenvalue weighted by molar-refractivity contribution is 8.00.